The number of hydrogen-bond acceptors (Lipinski definition) is 5. The molecule has 12 aromatic rings. The van der Waals surface area contributed by atoms with Gasteiger partial charge in [-0.25, -0.2) is 15.0 Å². The van der Waals surface area contributed by atoms with E-state index in [0.29, 0.717) is 17.5 Å². The smallest absolute Gasteiger partial charge is 0.165 e. The summed E-state index contributed by atoms with van der Waals surface area (Å²) in [5.74, 6) is 2.00. The number of fused-ring (bicyclic) bond motifs is 9. The van der Waals surface area contributed by atoms with Gasteiger partial charge in [0.25, 0.3) is 0 Å². The predicted octanol–water partition coefficient (Wildman–Crippen LogP) is 14.4. The highest BCUT2D eigenvalue weighted by Crippen LogP contribution is 2.46. The van der Waals surface area contributed by atoms with Crippen LogP contribution in [-0.2, 0) is 0 Å². The highest BCUT2D eigenvalue weighted by molar-refractivity contribution is 7.26. The third-order valence-corrected chi connectivity index (χ3v) is 13.5. The molecule has 266 valence electrons. The Morgan fingerprint density at radius 1 is 0.351 bits per heavy atom. The normalized spacial score (nSPS) is 11.9. The minimum Gasteiger partial charge on any atom is -0.308 e. The van der Waals surface area contributed by atoms with Gasteiger partial charge in [-0.2, -0.15) is 0 Å². The molecule has 0 fully saturated rings. The van der Waals surface area contributed by atoms with Gasteiger partial charge >= 0.3 is 0 Å². The van der Waals surface area contributed by atoms with E-state index < -0.39 is 0 Å². The molecule has 0 saturated heterocycles. The van der Waals surface area contributed by atoms with E-state index in [-0.39, 0.29) is 0 Å². The van der Waals surface area contributed by atoms with Crippen LogP contribution in [0.5, 0.6) is 0 Å². The van der Waals surface area contributed by atoms with Crippen molar-refractivity contribution in [3.63, 3.8) is 0 Å². The molecule has 0 saturated carbocycles. The first-order valence-electron chi connectivity index (χ1n) is 19.0. The molecule has 0 atom stereocenters. The minimum absolute atomic E-state index is 0.663. The van der Waals surface area contributed by atoms with Gasteiger partial charge in [-0.3, -0.25) is 0 Å². The average molecular weight is 763 g/mol. The maximum Gasteiger partial charge on any atom is 0.165 e. The third-order valence-electron chi connectivity index (χ3n) is 11.1. The SMILES string of the molecule is c1ccc(-c2nc(-c3ccccc3)nc(-c3cccc4c3sc3cccc(-c5ccc6sc7c(-n8c9ccccc9c9ccccc98)cccc7c6c5)c34)n2)cc1. The number of rotatable bonds is 5. The van der Waals surface area contributed by atoms with Crippen LogP contribution in [0.3, 0.4) is 0 Å². The Bertz CT molecular complexity index is 3410. The predicted molar refractivity (Wildman–Crippen MR) is 242 cm³/mol. The Morgan fingerprint density at radius 3 is 1.63 bits per heavy atom. The molecule has 0 bridgehead atoms. The van der Waals surface area contributed by atoms with Crippen molar-refractivity contribution in [1.82, 2.24) is 19.5 Å². The summed E-state index contributed by atoms with van der Waals surface area (Å²) in [6, 6.07) is 64.8. The van der Waals surface area contributed by atoms with Crippen LogP contribution < -0.4 is 0 Å². The van der Waals surface area contributed by atoms with Crippen molar-refractivity contribution in [1.29, 1.82) is 0 Å². The first-order valence-corrected chi connectivity index (χ1v) is 20.7. The van der Waals surface area contributed by atoms with Crippen LogP contribution in [-0.4, -0.2) is 19.5 Å². The molecule has 4 aromatic heterocycles. The van der Waals surface area contributed by atoms with Gasteiger partial charge in [-0.05, 0) is 53.6 Å². The molecule has 12 rings (SSSR count). The first kappa shape index (κ1) is 32.3. The monoisotopic (exact) mass is 762 g/mol. The number of nitrogens with zero attached hydrogens (tertiary/aromatic N) is 4. The van der Waals surface area contributed by atoms with Crippen molar-refractivity contribution in [2.24, 2.45) is 0 Å². The molecule has 4 nitrogen and oxygen atoms in total. The number of benzene rings is 8. The highest BCUT2D eigenvalue weighted by Gasteiger charge is 2.20. The molecule has 0 aliphatic heterocycles. The fourth-order valence-electron chi connectivity index (χ4n) is 8.50. The maximum absolute atomic E-state index is 5.10. The summed E-state index contributed by atoms with van der Waals surface area (Å²) in [6.07, 6.45) is 0. The minimum atomic E-state index is 0.663. The Kier molecular flexibility index (Phi) is 7.24. The second kappa shape index (κ2) is 12.8. The lowest BCUT2D eigenvalue weighted by Crippen LogP contribution is -2.00. The Balaban J connectivity index is 1.03. The van der Waals surface area contributed by atoms with Gasteiger partial charge in [0.05, 0.1) is 21.4 Å². The van der Waals surface area contributed by atoms with Gasteiger partial charge in [0.1, 0.15) is 0 Å². The summed E-state index contributed by atoms with van der Waals surface area (Å²) in [5.41, 5.74) is 9.03. The standard InChI is InChI=1S/C51H30N4S2/c1-3-14-31(15-4-1)49-52-50(32-16-5-2-6-17-32)54-51(53-49)39-23-11-22-38-46-34(20-13-27-45(46)57-47(38)39)33-28-29-44-40(30-33)37-21-12-26-43(48(37)56-44)55-41-24-9-7-18-35(41)36-19-8-10-25-42(36)55/h1-30H. The van der Waals surface area contributed by atoms with Crippen molar-refractivity contribution in [2.75, 3.05) is 0 Å². The molecule has 0 amide bonds. The van der Waals surface area contributed by atoms with E-state index in [9.17, 15) is 0 Å². The fourth-order valence-corrected chi connectivity index (χ4v) is 10.9. The summed E-state index contributed by atoms with van der Waals surface area (Å²) < 4.78 is 7.42. The van der Waals surface area contributed by atoms with E-state index in [2.05, 4.69) is 150 Å². The largest absolute Gasteiger partial charge is 0.308 e. The topological polar surface area (TPSA) is 43.6 Å². The van der Waals surface area contributed by atoms with E-state index in [1.807, 2.05) is 47.7 Å². The van der Waals surface area contributed by atoms with E-state index >= 15 is 0 Å². The molecular formula is C51H30N4S2. The molecule has 4 heterocycles. The van der Waals surface area contributed by atoms with Crippen molar-refractivity contribution in [3.05, 3.63) is 182 Å². The summed E-state index contributed by atoms with van der Waals surface area (Å²) in [4.78, 5) is 15.1. The van der Waals surface area contributed by atoms with Gasteiger partial charge < -0.3 is 4.57 Å². The summed E-state index contributed by atoms with van der Waals surface area (Å²) >= 11 is 3.68. The number of hydrogen-bond donors (Lipinski definition) is 0. The van der Waals surface area contributed by atoms with Gasteiger partial charge in [0.2, 0.25) is 0 Å². The maximum atomic E-state index is 5.10. The molecular weight excluding hydrogens is 733 g/mol. The zero-order valence-corrected chi connectivity index (χ0v) is 32.1. The lowest BCUT2D eigenvalue weighted by Gasteiger charge is -2.09. The number of thiophene rings is 2. The number of aromatic nitrogens is 4. The molecule has 0 radical (unpaired) electrons. The van der Waals surface area contributed by atoms with E-state index in [1.54, 1.807) is 11.3 Å². The van der Waals surface area contributed by atoms with E-state index in [0.717, 1.165) is 16.7 Å². The van der Waals surface area contributed by atoms with Crippen LogP contribution in [0, 0.1) is 0 Å². The summed E-state index contributed by atoms with van der Waals surface area (Å²) in [7, 11) is 0. The molecule has 8 aromatic carbocycles. The van der Waals surface area contributed by atoms with E-state index in [4.69, 9.17) is 15.0 Å². The molecule has 0 aliphatic rings. The van der Waals surface area contributed by atoms with Crippen molar-refractivity contribution in [3.8, 4) is 51.0 Å². The van der Waals surface area contributed by atoms with Crippen LogP contribution in [0.1, 0.15) is 0 Å². The van der Waals surface area contributed by atoms with Crippen LogP contribution >= 0.6 is 22.7 Å². The second-order valence-electron chi connectivity index (χ2n) is 14.3. The van der Waals surface area contributed by atoms with Gasteiger partial charge in [-0.15, -0.1) is 22.7 Å². The molecule has 0 aliphatic carbocycles. The van der Waals surface area contributed by atoms with Gasteiger partial charge in [0, 0.05) is 63.1 Å². The Morgan fingerprint density at radius 2 is 0.912 bits per heavy atom. The second-order valence-corrected chi connectivity index (χ2v) is 16.4. The van der Waals surface area contributed by atoms with Crippen molar-refractivity contribution in [2.45, 2.75) is 0 Å². The molecule has 6 heteroatoms. The van der Waals surface area contributed by atoms with Crippen molar-refractivity contribution >= 4 is 84.8 Å². The Hall–Kier alpha value is -6.99. The first-order chi connectivity index (χ1) is 28.3. The van der Waals surface area contributed by atoms with Crippen LogP contribution in [0.2, 0.25) is 0 Å². The molecule has 0 N–H and O–H groups in total. The molecule has 57 heavy (non-hydrogen) atoms. The number of para-hydroxylation sites is 2. The van der Waals surface area contributed by atoms with Gasteiger partial charge in [-0.1, -0.05) is 140 Å². The summed E-state index contributed by atoms with van der Waals surface area (Å²) in [6.45, 7) is 0. The van der Waals surface area contributed by atoms with Crippen LogP contribution in [0.15, 0.2) is 182 Å². The highest BCUT2D eigenvalue weighted by atomic mass is 32.1. The lowest BCUT2D eigenvalue weighted by atomic mass is 9.97. The molecule has 0 unspecified atom stereocenters. The lowest BCUT2D eigenvalue weighted by molar-refractivity contribution is 1.08. The molecule has 0 spiro atoms. The zero-order chi connectivity index (χ0) is 37.5. The fraction of sp³-hybridized carbons (Fsp3) is 0. The van der Waals surface area contributed by atoms with Crippen LogP contribution in [0.25, 0.3) is 113 Å². The summed E-state index contributed by atoms with van der Waals surface area (Å²) in [5, 5.41) is 7.56. The quantitative estimate of drug-likeness (QED) is 0.175. The van der Waals surface area contributed by atoms with Crippen molar-refractivity contribution < 1.29 is 0 Å². The average Bonchev–Trinajstić information content (AvgIpc) is 3.96. The third kappa shape index (κ3) is 5.08. The Labute approximate surface area is 335 Å². The zero-order valence-electron chi connectivity index (χ0n) is 30.4. The van der Waals surface area contributed by atoms with Gasteiger partial charge in [0.15, 0.2) is 17.5 Å². The van der Waals surface area contributed by atoms with Crippen LogP contribution in [0.4, 0.5) is 0 Å². The van der Waals surface area contributed by atoms with E-state index in [1.165, 1.54) is 79.0 Å².